The van der Waals surface area contributed by atoms with E-state index >= 15 is 0 Å². The van der Waals surface area contributed by atoms with Crippen LogP contribution in [0, 0.1) is 0 Å². The van der Waals surface area contributed by atoms with Crippen LogP contribution in [0.4, 0.5) is 5.69 Å². The number of para-hydroxylation sites is 1. The van der Waals surface area contributed by atoms with Crippen molar-refractivity contribution in [2.45, 2.75) is 23.8 Å². The molecule has 106 valence electrons. The van der Waals surface area contributed by atoms with E-state index in [1.165, 1.54) is 12.1 Å². The predicted octanol–water partition coefficient (Wildman–Crippen LogP) is 0.124. The van der Waals surface area contributed by atoms with Gasteiger partial charge in [-0.2, -0.15) is 0 Å². The van der Waals surface area contributed by atoms with Gasteiger partial charge in [0.2, 0.25) is 10.0 Å². The summed E-state index contributed by atoms with van der Waals surface area (Å²) in [6.45, 7) is 0. The molecule has 1 aliphatic heterocycles. The van der Waals surface area contributed by atoms with Gasteiger partial charge in [-0.25, -0.2) is 21.6 Å². The van der Waals surface area contributed by atoms with E-state index < -0.39 is 25.9 Å². The molecule has 1 fully saturated rings. The van der Waals surface area contributed by atoms with Crippen molar-refractivity contribution in [2.24, 2.45) is 0 Å². The molecule has 3 N–H and O–H groups in total. The molecule has 8 heteroatoms. The molecular formula is C11H16N2O4S2. The highest BCUT2D eigenvalue weighted by Gasteiger charge is 2.29. The number of nitrogens with two attached hydrogens (primary N) is 1. The summed E-state index contributed by atoms with van der Waals surface area (Å²) in [6, 6.07) is 5.52. The SMILES string of the molecule is Nc1ccccc1S(=O)(=O)NC1CCCS(=O)(=O)C1. The fourth-order valence-electron chi connectivity index (χ4n) is 2.12. The Hall–Kier alpha value is -1.12. The minimum absolute atomic E-state index is 0.0158. The summed E-state index contributed by atoms with van der Waals surface area (Å²) >= 11 is 0. The molecule has 2 rings (SSSR count). The summed E-state index contributed by atoms with van der Waals surface area (Å²) < 4.78 is 49.7. The molecule has 0 aromatic heterocycles. The van der Waals surface area contributed by atoms with Crippen molar-refractivity contribution >= 4 is 25.5 Å². The molecule has 1 saturated heterocycles. The average molecular weight is 304 g/mol. The zero-order valence-electron chi connectivity index (χ0n) is 10.2. The molecule has 1 aliphatic rings. The molecule has 1 aromatic carbocycles. The minimum Gasteiger partial charge on any atom is -0.398 e. The second-order valence-corrected chi connectivity index (χ2v) is 8.52. The number of anilines is 1. The van der Waals surface area contributed by atoms with Gasteiger partial charge in [-0.1, -0.05) is 12.1 Å². The van der Waals surface area contributed by atoms with E-state index in [9.17, 15) is 16.8 Å². The van der Waals surface area contributed by atoms with E-state index in [-0.39, 0.29) is 22.1 Å². The molecule has 6 nitrogen and oxygen atoms in total. The van der Waals surface area contributed by atoms with Crippen molar-refractivity contribution in [3.05, 3.63) is 24.3 Å². The predicted molar refractivity (Wildman–Crippen MR) is 72.9 cm³/mol. The fraction of sp³-hybridized carbons (Fsp3) is 0.455. The van der Waals surface area contributed by atoms with E-state index in [1.54, 1.807) is 12.1 Å². The minimum atomic E-state index is -3.78. The van der Waals surface area contributed by atoms with Crippen molar-refractivity contribution in [1.29, 1.82) is 0 Å². The van der Waals surface area contributed by atoms with Crippen LogP contribution in [-0.4, -0.2) is 34.4 Å². The zero-order chi connectivity index (χ0) is 14.1. The lowest BCUT2D eigenvalue weighted by Crippen LogP contribution is -2.43. The van der Waals surface area contributed by atoms with Crippen molar-refractivity contribution in [2.75, 3.05) is 17.2 Å². The van der Waals surface area contributed by atoms with Crippen molar-refractivity contribution in [3.8, 4) is 0 Å². The van der Waals surface area contributed by atoms with Crippen LogP contribution < -0.4 is 10.5 Å². The first-order valence-electron chi connectivity index (χ1n) is 5.87. The fourth-order valence-corrected chi connectivity index (χ4v) is 5.27. The van der Waals surface area contributed by atoms with Crippen LogP contribution in [-0.2, 0) is 19.9 Å². The largest absolute Gasteiger partial charge is 0.398 e. The first-order valence-corrected chi connectivity index (χ1v) is 9.18. The highest BCUT2D eigenvalue weighted by atomic mass is 32.2. The molecule has 1 heterocycles. The Labute approximate surface area is 113 Å². The third-order valence-corrected chi connectivity index (χ3v) is 6.41. The Balaban J connectivity index is 2.21. The van der Waals surface area contributed by atoms with E-state index in [1.807, 2.05) is 0 Å². The average Bonchev–Trinajstić information content (AvgIpc) is 2.27. The number of hydrogen-bond donors (Lipinski definition) is 2. The Morgan fingerprint density at radius 2 is 1.95 bits per heavy atom. The quantitative estimate of drug-likeness (QED) is 0.772. The molecule has 1 atom stereocenters. The van der Waals surface area contributed by atoms with Crippen LogP contribution in [0.1, 0.15) is 12.8 Å². The Morgan fingerprint density at radius 3 is 2.58 bits per heavy atom. The number of hydrogen-bond acceptors (Lipinski definition) is 5. The van der Waals surface area contributed by atoms with Crippen LogP contribution in [0.15, 0.2) is 29.2 Å². The first-order chi connectivity index (χ1) is 8.80. The van der Waals surface area contributed by atoms with Crippen LogP contribution >= 0.6 is 0 Å². The van der Waals surface area contributed by atoms with Gasteiger partial charge in [0.1, 0.15) is 4.90 Å². The molecule has 0 aliphatic carbocycles. The molecule has 19 heavy (non-hydrogen) atoms. The normalized spacial score (nSPS) is 23.1. The number of rotatable bonds is 3. The smallest absolute Gasteiger partial charge is 0.242 e. The van der Waals surface area contributed by atoms with E-state index in [0.29, 0.717) is 12.8 Å². The van der Waals surface area contributed by atoms with Crippen molar-refractivity contribution in [1.82, 2.24) is 4.72 Å². The topological polar surface area (TPSA) is 106 Å². The summed E-state index contributed by atoms with van der Waals surface area (Å²) in [4.78, 5) is -0.0158. The molecule has 0 bridgehead atoms. The lowest BCUT2D eigenvalue weighted by molar-refractivity contribution is 0.517. The molecule has 0 amide bonds. The summed E-state index contributed by atoms with van der Waals surface area (Å²) in [7, 11) is -6.94. The molecule has 0 radical (unpaired) electrons. The van der Waals surface area contributed by atoms with Gasteiger partial charge in [-0.3, -0.25) is 0 Å². The van der Waals surface area contributed by atoms with E-state index in [2.05, 4.69) is 4.72 Å². The number of benzene rings is 1. The molecule has 1 aromatic rings. The monoisotopic (exact) mass is 304 g/mol. The zero-order valence-corrected chi connectivity index (χ0v) is 11.9. The summed E-state index contributed by atoms with van der Waals surface area (Å²) in [6.07, 6.45) is 0.991. The van der Waals surface area contributed by atoms with Gasteiger partial charge < -0.3 is 5.73 Å². The molecular weight excluding hydrogens is 288 g/mol. The summed E-state index contributed by atoms with van der Waals surface area (Å²) in [5, 5.41) is 0. The highest BCUT2D eigenvalue weighted by molar-refractivity contribution is 7.91. The number of nitrogens with one attached hydrogen (secondary N) is 1. The van der Waals surface area contributed by atoms with Gasteiger partial charge in [0.15, 0.2) is 9.84 Å². The lowest BCUT2D eigenvalue weighted by atomic mass is 10.2. The van der Waals surface area contributed by atoms with Crippen LogP contribution in [0.2, 0.25) is 0 Å². The Kier molecular flexibility index (Phi) is 3.84. The lowest BCUT2D eigenvalue weighted by Gasteiger charge is -2.23. The van der Waals surface area contributed by atoms with Crippen LogP contribution in [0.25, 0.3) is 0 Å². The second-order valence-electron chi connectivity index (χ2n) is 4.61. The van der Waals surface area contributed by atoms with Gasteiger partial charge in [-0.15, -0.1) is 0 Å². The maximum Gasteiger partial charge on any atom is 0.242 e. The van der Waals surface area contributed by atoms with E-state index in [4.69, 9.17) is 5.73 Å². The molecule has 0 spiro atoms. The second kappa shape index (κ2) is 5.10. The Bertz CT molecular complexity index is 668. The van der Waals surface area contributed by atoms with E-state index in [0.717, 1.165) is 0 Å². The van der Waals surface area contributed by atoms with Crippen molar-refractivity contribution < 1.29 is 16.8 Å². The van der Waals surface area contributed by atoms with Gasteiger partial charge in [0.05, 0.1) is 17.2 Å². The van der Waals surface area contributed by atoms with Gasteiger partial charge in [0, 0.05) is 6.04 Å². The summed E-state index contributed by atoms with van der Waals surface area (Å²) in [5.41, 5.74) is 5.77. The first kappa shape index (κ1) is 14.3. The molecule has 0 saturated carbocycles. The number of nitrogen functional groups attached to an aromatic ring is 1. The van der Waals surface area contributed by atoms with Gasteiger partial charge in [0.25, 0.3) is 0 Å². The maximum atomic E-state index is 12.1. The Morgan fingerprint density at radius 1 is 1.26 bits per heavy atom. The number of sulfone groups is 1. The van der Waals surface area contributed by atoms with Gasteiger partial charge >= 0.3 is 0 Å². The van der Waals surface area contributed by atoms with Gasteiger partial charge in [-0.05, 0) is 25.0 Å². The maximum absolute atomic E-state index is 12.1. The van der Waals surface area contributed by atoms with Crippen molar-refractivity contribution in [3.63, 3.8) is 0 Å². The highest BCUT2D eigenvalue weighted by Crippen LogP contribution is 2.19. The third kappa shape index (κ3) is 3.46. The van der Waals surface area contributed by atoms with Crippen LogP contribution in [0.3, 0.4) is 0 Å². The third-order valence-electron chi connectivity index (χ3n) is 2.99. The number of sulfonamides is 1. The standard InChI is InChI=1S/C11H16N2O4S2/c12-10-5-1-2-6-11(10)19(16,17)13-9-4-3-7-18(14,15)8-9/h1-2,5-6,9,13H,3-4,7-8,12H2. The molecule has 1 unspecified atom stereocenters. The van der Waals surface area contributed by atoms with Crippen LogP contribution in [0.5, 0.6) is 0 Å². The summed E-state index contributed by atoms with van der Waals surface area (Å²) in [5.74, 6) is -0.0301.